The molecule has 0 aliphatic heterocycles. The summed E-state index contributed by atoms with van der Waals surface area (Å²) in [7, 11) is 0. The first kappa shape index (κ1) is 14.7. The van der Waals surface area contributed by atoms with Gasteiger partial charge in [-0.05, 0) is 49.9 Å². The lowest BCUT2D eigenvalue weighted by Gasteiger charge is -2.20. The fourth-order valence-electron chi connectivity index (χ4n) is 2.49. The molecule has 106 valence electrons. The highest BCUT2D eigenvalue weighted by atomic mass is 14.9. The van der Waals surface area contributed by atoms with Crippen molar-refractivity contribution in [2.75, 3.05) is 6.54 Å². The topological polar surface area (TPSA) is 37.8 Å². The van der Waals surface area contributed by atoms with Gasteiger partial charge >= 0.3 is 0 Å². The summed E-state index contributed by atoms with van der Waals surface area (Å²) in [5.74, 6) is 0. The molecule has 0 aliphatic rings. The van der Waals surface area contributed by atoms with Crippen LogP contribution in [0.1, 0.15) is 41.6 Å². The summed E-state index contributed by atoms with van der Waals surface area (Å²) in [5, 5.41) is 3.61. The smallest absolute Gasteiger partial charge is 0.115 e. The van der Waals surface area contributed by atoms with E-state index in [0.29, 0.717) is 0 Å². The SMILES string of the molecule is CCCNC(Cc1c(C)cccc1C)c1cncnc1. The molecule has 1 aromatic heterocycles. The number of aryl methyl sites for hydroxylation is 2. The van der Waals surface area contributed by atoms with Gasteiger partial charge in [-0.1, -0.05) is 25.1 Å². The van der Waals surface area contributed by atoms with Gasteiger partial charge in [-0.15, -0.1) is 0 Å². The van der Waals surface area contributed by atoms with Crippen LogP contribution in [0, 0.1) is 13.8 Å². The first-order valence-corrected chi connectivity index (χ1v) is 7.25. The van der Waals surface area contributed by atoms with E-state index < -0.39 is 0 Å². The maximum Gasteiger partial charge on any atom is 0.115 e. The van der Waals surface area contributed by atoms with E-state index in [1.165, 1.54) is 16.7 Å². The van der Waals surface area contributed by atoms with Crippen molar-refractivity contribution in [1.82, 2.24) is 15.3 Å². The van der Waals surface area contributed by atoms with Crippen molar-refractivity contribution in [3.8, 4) is 0 Å². The van der Waals surface area contributed by atoms with Crippen molar-refractivity contribution in [1.29, 1.82) is 0 Å². The minimum Gasteiger partial charge on any atom is -0.310 e. The summed E-state index contributed by atoms with van der Waals surface area (Å²) in [5.41, 5.74) is 5.28. The van der Waals surface area contributed by atoms with Gasteiger partial charge in [-0.3, -0.25) is 0 Å². The molecule has 0 radical (unpaired) electrons. The van der Waals surface area contributed by atoms with Gasteiger partial charge in [0.15, 0.2) is 0 Å². The summed E-state index contributed by atoms with van der Waals surface area (Å²) < 4.78 is 0. The Morgan fingerprint density at radius 3 is 2.35 bits per heavy atom. The van der Waals surface area contributed by atoms with Crippen LogP contribution in [-0.4, -0.2) is 16.5 Å². The Morgan fingerprint density at radius 1 is 1.10 bits per heavy atom. The third-order valence-corrected chi connectivity index (χ3v) is 3.68. The van der Waals surface area contributed by atoms with Crippen LogP contribution in [0.25, 0.3) is 0 Å². The monoisotopic (exact) mass is 269 g/mol. The lowest BCUT2D eigenvalue weighted by molar-refractivity contribution is 0.524. The van der Waals surface area contributed by atoms with E-state index in [2.05, 4.69) is 54.3 Å². The van der Waals surface area contributed by atoms with Crippen molar-refractivity contribution in [3.63, 3.8) is 0 Å². The molecule has 2 aromatic rings. The number of aromatic nitrogens is 2. The highest BCUT2D eigenvalue weighted by molar-refractivity contribution is 5.35. The predicted octanol–water partition coefficient (Wildman–Crippen LogP) is 3.38. The highest BCUT2D eigenvalue weighted by Crippen LogP contribution is 2.22. The zero-order chi connectivity index (χ0) is 14.4. The Bertz CT molecular complexity index is 517. The van der Waals surface area contributed by atoms with Gasteiger partial charge in [0, 0.05) is 24.0 Å². The van der Waals surface area contributed by atoms with Crippen molar-refractivity contribution >= 4 is 0 Å². The van der Waals surface area contributed by atoms with Crippen LogP contribution in [0.5, 0.6) is 0 Å². The van der Waals surface area contributed by atoms with Crippen LogP contribution in [0.3, 0.4) is 0 Å². The van der Waals surface area contributed by atoms with E-state index in [9.17, 15) is 0 Å². The Labute approximate surface area is 121 Å². The van der Waals surface area contributed by atoms with Crippen molar-refractivity contribution in [2.24, 2.45) is 0 Å². The first-order chi connectivity index (χ1) is 9.72. The average Bonchev–Trinajstić information content (AvgIpc) is 2.47. The zero-order valence-electron chi connectivity index (χ0n) is 12.6. The van der Waals surface area contributed by atoms with Crippen molar-refractivity contribution in [2.45, 2.75) is 39.7 Å². The van der Waals surface area contributed by atoms with Gasteiger partial charge in [-0.25, -0.2) is 9.97 Å². The molecule has 0 fully saturated rings. The molecular formula is C17H23N3. The second kappa shape index (κ2) is 7.15. The minimum absolute atomic E-state index is 0.274. The molecule has 1 N–H and O–H groups in total. The number of benzene rings is 1. The maximum absolute atomic E-state index is 4.15. The largest absolute Gasteiger partial charge is 0.310 e. The molecule has 0 saturated carbocycles. The molecule has 1 unspecified atom stereocenters. The molecule has 1 aromatic carbocycles. The van der Waals surface area contributed by atoms with Gasteiger partial charge in [0.05, 0.1) is 0 Å². The zero-order valence-corrected chi connectivity index (χ0v) is 12.6. The highest BCUT2D eigenvalue weighted by Gasteiger charge is 2.14. The molecule has 0 saturated heterocycles. The number of hydrogen-bond donors (Lipinski definition) is 1. The summed E-state index contributed by atoms with van der Waals surface area (Å²) in [6.07, 6.45) is 7.50. The Morgan fingerprint density at radius 2 is 1.75 bits per heavy atom. The molecule has 0 amide bonds. The fourth-order valence-corrected chi connectivity index (χ4v) is 2.49. The Balaban J connectivity index is 2.24. The first-order valence-electron chi connectivity index (χ1n) is 7.25. The van der Waals surface area contributed by atoms with E-state index in [1.54, 1.807) is 6.33 Å². The molecular weight excluding hydrogens is 246 g/mol. The third-order valence-electron chi connectivity index (χ3n) is 3.68. The molecule has 0 spiro atoms. The van der Waals surface area contributed by atoms with Gasteiger partial charge in [0.1, 0.15) is 6.33 Å². The number of hydrogen-bond acceptors (Lipinski definition) is 3. The second-order valence-corrected chi connectivity index (χ2v) is 5.25. The fraction of sp³-hybridized carbons (Fsp3) is 0.412. The van der Waals surface area contributed by atoms with Gasteiger partial charge < -0.3 is 5.32 Å². The predicted molar refractivity (Wildman–Crippen MR) is 82.7 cm³/mol. The summed E-state index contributed by atoms with van der Waals surface area (Å²) in [6.45, 7) is 7.55. The Hall–Kier alpha value is -1.74. The normalized spacial score (nSPS) is 12.3. The van der Waals surface area contributed by atoms with E-state index in [1.807, 2.05) is 12.4 Å². The summed E-state index contributed by atoms with van der Waals surface area (Å²) in [6, 6.07) is 6.76. The minimum atomic E-state index is 0.274. The van der Waals surface area contributed by atoms with Crippen LogP contribution in [0.4, 0.5) is 0 Å². The van der Waals surface area contributed by atoms with E-state index in [0.717, 1.165) is 24.9 Å². The molecule has 2 rings (SSSR count). The number of nitrogens with zero attached hydrogens (tertiary/aromatic N) is 2. The molecule has 3 heteroatoms. The van der Waals surface area contributed by atoms with Crippen LogP contribution in [-0.2, 0) is 6.42 Å². The second-order valence-electron chi connectivity index (χ2n) is 5.25. The molecule has 1 atom stereocenters. The van der Waals surface area contributed by atoms with Crippen LogP contribution < -0.4 is 5.32 Å². The van der Waals surface area contributed by atoms with Crippen LogP contribution in [0.2, 0.25) is 0 Å². The van der Waals surface area contributed by atoms with Crippen molar-refractivity contribution in [3.05, 3.63) is 59.2 Å². The van der Waals surface area contributed by atoms with E-state index >= 15 is 0 Å². The van der Waals surface area contributed by atoms with Crippen LogP contribution >= 0.6 is 0 Å². The molecule has 3 nitrogen and oxygen atoms in total. The molecule has 0 bridgehead atoms. The molecule has 0 aliphatic carbocycles. The van der Waals surface area contributed by atoms with E-state index in [4.69, 9.17) is 0 Å². The summed E-state index contributed by atoms with van der Waals surface area (Å²) >= 11 is 0. The van der Waals surface area contributed by atoms with Gasteiger partial charge in [-0.2, -0.15) is 0 Å². The average molecular weight is 269 g/mol. The number of rotatable bonds is 6. The third kappa shape index (κ3) is 3.64. The van der Waals surface area contributed by atoms with Gasteiger partial charge in [0.2, 0.25) is 0 Å². The number of nitrogens with one attached hydrogen (secondary N) is 1. The lowest BCUT2D eigenvalue weighted by atomic mass is 9.94. The van der Waals surface area contributed by atoms with Crippen LogP contribution in [0.15, 0.2) is 36.9 Å². The van der Waals surface area contributed by atoms with Gasteiger partial charge in [0.25, 0.3) is 0 Å². The standard InChI is InChI=1S/C17H23N3/c1-4-8-20-17(15-10-18-12-19-11-15)9-16-13(2)6-5-7-14(16)3/h5-7,10-12,17,20H,4,8-9H2,1-3H3. The summed E-state index contributed by atoms with van der Waals surface area (Å²) in [4.78, 5) is 8.30. The van der Waals surface area contributed by atoms with Crippen molar-refractivity contribution < 1.29 is 0 Å². The lowest BCUT2D eigenvalue weighted by Crippen LogP contribution is -2.25. The quantitative estimate of drug-likeness (QED) is 0.873. The molecule has 20 heavy (non-hydrogen) atoms. The Kier molecular flexibility index (Phi) is 5.24. The van der Waals surface area contributed by atoms with E-state index in [-0.39, 0.29) is 6.04 Å². The molecule has 1 heterocycles. The maximum atomic E-state index is 4.15.